The summed E-state index contributed by atoms with van der Waals surface area (Å²) >= 11 is 0. The molecule has 0 radical (unpaired) electrons. The molecule has 1 amide bonds. The van der Waals surface area contributed by atoms with E-state index in [1.807, 2.05) is 21.1 Å². The first kappa shape index (κ1) is 67.9. The molecule has 408 valence electrons. The second-order valence-corrected chi connectivity index (χ2v) is 22.4. The molecule has 3 atom stereocenters. The quantitative estimate of drug-likeness (QED) is 0.0243. The van der Waals surface area contributed by atoms with E-state index in [1.54, 1.807) is 0 Å². The molecule has 0 rings (SSSR count). The lowest BCUT2D eigenvalue weighted by molar-refractivity contribution is -0.870. The molecule has 0 aromatic carbocycles. The Kier molecular flexibility index (Phi) is 50.3. The van der Waals surface area contributed by atoms with Crippen LogP contribution in [0.5, 0.6) is 0 Å². The number of carbonyl (C=O) groups is 1. The van der Waals surface area contributed by atoms with Gasteiger partial charge in [-0.25, -0.2) is 4.57 Å². The zero-order valence-electron chi connectivity index (χ0n) is 46.5. The van der Waals surface area contributed by atoms with E-state index in [-0.39, 0.29) is 19.1 Å². The highest BCUT2D eigenvalue weighted by Crippen LogP contribution is 2.43. The summed E-state index contributed by atoms with van der Waals surface area (Å²) in [5.74, 6) is -0.145. The Morgan fingerprint density at radius 1 is 0.500 bits per heavy atom. The standard InChI is InChI=1S/C61H113N2O6P/c1-6-8-10-12-14-16-18-19-20-21-22-23-24-25-26-27-28-29-30-31-32-33-34-35-36-37-38-39-40-41-42-43-45-47-49-51-53-55-61(65)62-59(58-69-70(66,67)68-57-56-63(3,4)5)60(64)54-52-50-48-46-44-17-15-13-11-9-7-2/h8,10,14,16,19-20,22-23,25-26,28-29,59-60,64H,6-7,9,11-13,15,17-18,21,24,27,30-58H2,1-5H3,(H-,62,65,66,67)/p+1/b10-8-,16-14-,20-19-,23-22-,26-25-,29-28-. The van der Waals surface area contributed by atoms with Crippen LogP contribution in [-0.4, -0.2) is 73.4 Å². The van der Waals surface area contributed by atoms with Crippen molar-refractivity contribution in [3.63, 3.8) is 0 Å². The molecular formula is C61H114N2O6P+. The Bertz CT molecular complexity index is 1370. The van der Waals surface area contributed by atoms with E-state index in [0.29, 0.717) is 23.9 Å². The van der Waals surface area contributed by atoms with Crippen LogP contribution in [0.3, 0.4) is 0 Å². The van der Waals surface area contributed by atoms with Gasteiger partial charge in [-0.15, -0.1) is 0 Å². The van der Waals surface area contributed by atoms with Crippen LogP contribution >= 0.6 is 7.82 Å². The van der Waals surface area contributed by atoms with Crippen LogP contribution in [-0.2, 0) is 18.4 Å². The maximum atomic E-state index is 13.0. The number of aliphatic hydroxyl groups excluding tert-OH is 1. The van der Waals surface area contributed by atoms with E-state index in [2.05, 4.69) is 92.1 Å². The topological polar surface area (TPSA) is 105 Å². The molecule has 0 aliphatic rings. The minimum absolute atomic E-state index is 0.0741. The molecule has 0 spiro atoms. The molecule has 0 aromatic rings. The van der Waals surface area contributed by atoms with Gasteiger partial charge in [-0.1, -0.05) is 260 Å². The molecule has 0 aliphatic carbocycles. The summed E-state index contributed by atoms with van der Waals surface area (Å²) < 4.78 is 23.7. The molecule has 0 saturated carbocycles. The lowest BCUT2D eigenvalue weighted by Crippen LogP contribution is -2.46. The first-order valence-electron chi connectivity index (χ1n) is 29.3. The summed E-state index contributed by atoms with van der Waals surface area (Å²) in [6.45, 7) is 4.77. The van der Waals surface area contributed by atoms with Gasteiger partial charge in [0.1, 0.15) is 13.2 Å². The molecule has 0 aliphatic heterocycles. The van der Waals surface area contributed by atoms with E-state index in [4.69, 9.17) is 9.05 Å². The number of likely N-dealkylation sites (N-methyl/N-ethyl adjacent to an activating group) is 1. The number of quaternary nitrogens is 1. The lowest BCUT2D eigenvalue weighted by atomic mass is 10.0. The summed E-state index contributed by atoms with van der Waals surface area (Å²) in [4.78, 5) is 23.3. The van der Waals surface area contributed by atoms with Crippen molar-refractivity contribution in [3.8, 4) is 0 Å². The van der Waals surface area contributed by atoms with E-state index in [0.717, 1.165) is 77.0 Å². The number of nitrogens with one attached hydrogen (secondary N) is 1. The van der Waals surface area contributed by atoms with Gasteiger partial charge in [0.15, 0.2) is 0 Å². The fourth-order valence-corrected chi connectivity index (χ4v) is 9.14. The number of amides is 1. The van der Waals surface area contributed by atoms with Crippen LogP contribution in [0.15, 0.2) is 72.9 Å². The van der Waals surface area contributed by atoms with Crippen LogP contribution in [0.4, 0.5) is 0 Å². The Hall–Kier alpha value is -2.06. The number of phosphoric acid groups is 1. The molecule has 0 saturated heterocycles. The van der Waals surface area contributed by atoms with Gasteiger partial charge in [-0.2, -0.15) is 0 Å². The van der Waals surface area contributed by atoms with Gasteiger partial charge < -0.3 is 19.8 Å². The van der Waals surface area contributed by atoms with Crippen LogP contribution in [0, 0.1) is 0 Å². The van der Waals surface area contributed by atoms with Crippen LogP contribution in [0.1, 0.15) is 258 Å². The van der Waals surface area contributed by atoms with Gasteiger partial charge in [0.25, 0.3) is 0 Å². The molecule has 0 heterocycles. The minimum atomic E-state index is -4.32. The van der Waals surface area contributed by atoms with E-state index < -0.39 is 20.0 Å². The molecular weight excluding hydrogens is 888 g/mol. The van der Waals surface area contributed by atoms with Crippen molar-refractivity contribution < 1.29 is 32.9 Å². The average molecular weight is 1000 g/mol. The highest BCUT2D eigenvalue weighted by atomic mass is 31.2. The molecule has 0 bridgehead atoms. The number of aliphatic hydroxyl groups is 1. The van der Waals surface area contributed by atoms with Crippen LogP contribution in [0.25, 0.3) is 0 Å². The van der Waals surface area contributed by atoms with E-state index in [1.165, 1.54) is 154 Å². The molecule has 0 fully saturated rings. The molecule has 0 aromatic heterocycles. The number of carbonyl (C=O) groups excluding carboxylic acids is 1. The SMILES string of the molecule is CC/C=C\C/C=C\C/C=C\C/C=C\C/C=C\C/C=C\CCCCCCCCCCCCCCCCCCCCC(=O)NC(COP(=O)(O)OCC[N+](C)(C)C)C(O)CCCCCCCCCCCCC. The highest BCUT2D eigenvalue weighted by Gasteiger charge is 2.28. The third-order valence-corrected chi connectivity index (χ3v) is 14.0. The fourth-order valence-electron chi connectivity index (χ4n) is 8.40. The summed E-state index contributed by atoms with van der Waals surface area (Å²) in [5.41, 5.74) is 0. The zero-order valence-corrected chi connectivity index (χ0v) is 47.4. The van der Waals surface area contributed by atoms with Gasteiger partial charge >= 0.3 is 7.82 Å². The minimum Gasteiger partial charge on any atom is -0.391 e. The number of hydrogen-bond donors (Lipinski definition) is 3. The smallest absolute Gasteiger partial charge is 0.391 e. The Labute approximate surface area is 434 Å². The number of hydrogen-bond acceptors (Lipinski definition) is 5. The number of phosphoric ester groups is 1. The monoisotopic (exact) mass is 1000 g/mol. The summed E-state index contributed by atoms with van der Waals surface area (Å²) in [5, 5.41) is 14.0. The van der Waals surface area contributed by atoms with Crippen molar-refractivity contribution in [2.75, 3.05) is 40.9 Å². The molecule has 3 unspecified atom stereocenters. The molecule has 8 nitrogen and oxygen atoms in total. The predicted octanol–water partition coefficient (Wildman–Crippen LogP) is 17.9. The second kappa shape index (κ2) is 51.8. The number of allylic oxidation sites excluding steroid dienone is 12. The Balaban J connectivity index is 3.92. The van der Waals surface area contributed by atoms with E-state index in [9.17, 15) is 19.4 Å². The van der Waals surface area contributed by atoms with Gasteiger partial charge in [0.05, 0.1) is 39.9 Å². The lowest BCUT2D eigenvalue weighted by Gasteiger charge is -2.26. The van der Waals surface area contributed by atoms with Gasteiger partial charge in [-0.3, -0.25) is 13.8 Å². The van der Waals surface area contributed by atoms with Crippen molar-refractivity contribution in [2.45, 2.75) is 270 Å². The molecule has 70 heavy (non-hydrogen) atoms. The maximum absolute atomic E-state index is 13.0. The second-order valence-electron chi connectivity index (χ2n) is 21.0. The highest BCUT2D eigenvalue weighted by molar-refractivity contribution is 7.47. The van der Waals surface area contributed by atoms with Crippen LogP contribution in [0.2, 0.25) is 0 Å². The maximum Gasteiger partial charge on any atom is 0.472 e. The van der Waals surface area contributed by atoms with Gasteiger partial charge in [-0.05, 0) is 64.2 Å². The summed E-state index contributed by atoms with van der Waals surface area (Å²) in [6.07, 6.45) is 71.2. The van der Waals surface area contributed by atoms with Crippen molar-refractivity contribution in [2.24, 2.45) is 0 Å². The molecule has 9 heteroatoms. The fraction of sp³-hybridized carbons (Fsp3) is 0.787. The van der Waals surface area contributed by atoms with E-state index >= 15 is 0 Å². The van der Waals surface area contributed by atoms with Crippen LogP contribution < -0.4 is 5.32 Å². The predicted molar refractivity (Wildman–Crippen MR) is 304 cm³/mol. The summed E-state index contributed by atoms with van der Waals surface area (Å²) in [7, 11) is 1.62. The first-order valence-corrected chi connectivity index (χ1v) is 30.8. The summed E-state index contributed by atoms with van der Waals surface area (Å²) in [6, 6.07) is -0.760. The van der Waals surface area contributed by atoms with Crippen molar-refractivity contribution in [3.05, 3.63) is 72.9 Å². The van der Waals surface area contributed by atoms with Crippen molar-refractivity contribution in [1.29, 1.82) is 0 Å². The largest absolute Gasteiger partial charge is 0.472 e. The number of rotatable bonds is 53. The average Bonchev–Trinajstić information content (AvgIpc) is 3.32. The van der Waals surface area contributed by atoms with Gasteiger partial charge in [0, 0.05) is 6.42 Å². The normalized spacial score (nSPS) is 14.4. The van der Waals surface area contributed by atoms with Gasteiger partial charge in [0.2, 0.25) is 5.91 Å². The Morgan fingerprint density at radius 2 is 0.857 bits per heavy atom. The first-order chi connectivity index (χ1) is 34.0. The number of unbranched alkanes of at least 4 members (excludes halogenated alkanes) is 28. The zero-order chi connectivity index (χ0) is 51.3. The van der Waals surface area contributed by atoms with Crippen molar-refractivity contribution >= 4 is 13.7 Å². The van der Waals surface area contributed by atoms with Crippen molar-refractivity contribution in [1.82, 2.24) is 5.32 Å². The number of nitrogens with zero attached hydrogens (tertiary/aromatic N) is 1. The Morgan fingerprint density at radius 3 is 1.26 bits per heavy atom. The molecule has 3 N–H and O–H groups in total. The third kappa shape index (κ3) is 53.7. The third-order valence-electron chi connectivity index (χ3n) is 13.0.